The molecule has 0 bridgehead atoms. The zero-order valence-corrected chi connectivity index (χ0v) is 15.8. The topological polar surface area (TPSA) is 56.8 Å². The molecule has 26 heavy (non-hydrogen) atoms. The molecule has 1 unspecified atom stereocenters. The molecular weight excluding hydrogens is 330 g/mol. The Morgan fingerprint density at radius 1 is 0.962 bits per heavy atom. The number of benzene rings is 2. The minimum absolute atomic E-state index is 0.0173. The predicted octanol–water partition coefficient (Wildman–Crippen LogP) is 3.78. The van der Waals surface area contributed by atoms with Crippen molar-refractivity contribution in [3.63, 3.8) is 0 Å². The van der Waals surface area contributed by atoms with Crippen LogP contribution in [0.4, 0.5) is 0 Å². The van der Waals surface area contributed by atoms with Crippen LogP contribution in [0.3, 0.4) is 0 Å². The molecule has 2 aromatic carbocycles. The molecule has 1 N–H and O–H groups in total. The van der Waals surface area contributed by atoms with Crippen LogP contribution < -0.4 is 19.5 Å². The summed E-state index contributed by atoms with van der Waals surface area (Å²) >= 11 is 0. The molecule has 0 aliphatic heterocycles. The lowest BCUT2D eigenvalue weighted by atomic mass is 10.0. The number of para-hydroxylation sites is 1. The van der Waals surface area contributed by atoms with Crippen molar-refractivity contribution in [1.82, 2.24) is 5.32 Å². The van der Waals surface area contributed by atoms with Crippen molar-refractivity contribution in [2.45, 2.75) is 32.7 Å². The fourth-order valence-corrected chi connectivity index (χ4v) is 2.48. The van der Waals surface area contributed by atoms with E-state index in [0.717, 1.165) is 22.8 Å². The van der Waals surface area contributed by atoms with Gasteiger partial charge in [0, 0.05) is 0 Å². The second kappa shape index (κ2) is 9.70. The average molecular weight is 357 g/mol. The molecule has 1 amide bonds. The third kappa shape index (κ3) is 5.99. The molecule has 140 valence electrons. The van der Waals surface area contributed by atoms with Crippen LogP contribution in [0, 0.1) is 0 Å². The summed E-state index contributed by atoms with van der Waals surface area (Å²) in [6.45, 7) is 6.45. The fraction of sp³-hybridized carbons (Fsp3) is 0.381. The molecule has 5 nitrogen and oxygen atoms in total. The first-order valence-corrected chi connectivity index (χ1v) is 8.77. The highest BCUT2D eigenvalue weighted by Gasteiger charge is 2.11. The van der Waals surface area contributed by atoms with Crippen LogP contribution in [0.2, 0.25) is 0 Å². The summed E-state index contributed by atoms with van der Waals surface area (Å²) in [6, 6.07) is 15.0. The van der Waals surface area contributed by atoms with Crippen molar-refractivity contribution in [2.24, 2.45) is 0 Å². The predicted molar refractivity (Wildman–Crippen MR) is 102 cm³/mol. The molecule has 2 aromatic rings. The molecule has 0 saturated heterocycles. The molecule has 0 saturated carbocycles. The summed E-state index contributed by atoms with van der Waals surface area (Å²) in [7, 11) is 1.62. The maximum atomic E-state index is 12.1. The average Bonchev–Trinajstić information content (AvgIpc) is 2.65. The van der Waals surface area contributed by atoms with Gasteiger partial charge in [0.2, 0.25) is 0 Å². The maximum Gasteiger partial charge on any atom is 0.258 e. The van der Waals surface area contributed by atoms with E-state index in [0.29, 0.717) is 12.5 Å². The smallest absolute Gasteiger partial charge is 0.258 e. The van der Waals surface area contributed by atoms with Gasteiger partial charge in [0.25, 0.3) is 5.91 Å². The third-order valence-electron chi connectivity index (χ3n) is 3.87. The second-order valence-electron chi connectivity index (χ2n) is 6.44. The Balaban J connectivity index is 1.76. The van der Waals surface area contributed by atoms with Gasteiger partial charge >= 0.3 is 0 Å². The maximum absolute atomic E-state index is 12.1. The Hall–Kier alpha value is -2.69. The van der Waals surface area contributed by atoms with Crippen LogP contribution in [-0.2, 0) is 4.79 Å². The van der Waals surface area contributed by atoms with E-state index < -0.39 is 0 Å². The molecule has 0 aliphatic carbocycles. The van der Waals surface area contributed by atoms with Gasteiger partial charge in [-0.15, -0.1) is 0 Å². The highest BCUT2D eigenvalue weighted by molar-refractivity contribution is 5.77. The van der Waals surface area contributed by atoms with Crippen LogP contribution in [-0.4, -0.2) is 32.3 Å². The van der Waals surface area contributed by atoms with Gasteiger partial charge in [0.15, 0.2) is 6.61 Å². The Morgan fingerprint density at radius 3 is 2.27 bits per heavy atom. The van der Waals surface area contributed by atoms with Gasteiger partial charge in [-0.05, 0) is 48.7 Å². The number of carbonyl (C=O) groups excluding carboxylic acids is 1. The van der Waals surface area contributed by atoms with Crippen LogP contribution in [0.15, 0.2) is 48.5 Å². The lowest BCUT2D eigenvalue weighted by molar-refractivity contribution is -0.123. The Labute approximate surface area is 155 Å². The summed E-state index contributed by atoms with van der Waals surface area (Å²) in [5.74, 6) is 2.42. The summed E-state index contributed by atoms with van der Waals surface area (Å²) in [4.78, 5) is 12.1. The summed E-state index contributed by atoms with van der Waals surface area (Å²) in [6.07, 6.45) is 0. The molecule has 2 rings (SSSR count). The lowest BCUT2D eigenvalue weighted by Gasteiger charge is -2.17. The number of carbonyl (C=O) groups is 1. The van der Waals surface area contributed by atoms with Crippen molar-refractivity contribution in [3.05, 3.63) is 54.1 Å². The minimum Gasteiger partial charge on any atom is -0.497 e. The van der Waals surface area contributed by atoms with Crippen LogP contribution in [0.1, 0.15) is 32.3 Å². The normalized spacial score (nSPS) is 11.7. The fourth-order valence-electron chi connectivity index (χ4n) is 2.48. The van der Waals surface area contributed by atoms with Gasteiger partial charge in [-0.25, -0.2) is 0 Å². The number of amides is 1. The van der Waals surface area contributed by atoms with Crippen molar-refractivity contribution in [2.75, 3.05) is 20.3 Å². The van der Waals surface area contributed by atoms with E-state index in [-0.39, 0.29) is 18.6 Å². The van der Waals surface area contributed by atoms with Gasteiger partial charge in [0.1, 0.15) is 23.9 Å². The third-order valence-corrected chi connectivity index (χ3v) is 3.87. The zero-order chi connectivity index (χ0) is 18.9. The minimum atomic E-state index is -0.172. The number of hydrogen-bond donors (Lipinski definition) is 1. The standard InChI is InChI=1S/C21H27NO4/c1-15(2)19-7-5-6-8-20(19)26-14-21(23)22-16(3)13-25-18-11-9-17(24-4)10-12-18/h5-12,15-16H,13-14H2,1-4H3,(H,22,23). The number of ether oxygens (including phenoxy) is 3. The molecule has 0 radical (unpaired) electrons. The molecule has 0 aromatic heterocycles. The molecule has 0 spiro atoms. The van der Waals surface area contributed by atoms with E-state index >= 15 is 0 Å². The first kappa shape index (κ1) is 19.6. The van der Waals surface area contributed by atoms with Gasteiger partial charge < -0.3 is 19.5 Å². The Morgan fingerprint density at radius 2 is 1.62 bits per heavy atom. The van der Waals surface area contributed by atoms with Gasteiger partial charge in [-0.3, -0.25) is 4.79 Å². The van der Waals surface area contributed by atoms with Gasteiger partial charge in [-0.2, -0.15) is 0 Å². The summed E-state index contributed by atoms with van der Waals surface area (Å²) in [5, 5.41) is 2.88. The van der Waals surface area contributed by atoms with E-state index in [1.807, 2.05) is 55.5 Å². The second-order valence-corrected chi connectivity index (χ2v) is 6.44. The SMILES string of the molecule is COc1ccc(OCC(C)NC(=O)COc2ccccc2C(C)C)cc1. The first-order valence-electron chi connectivity index (χ1n) is 8.77. The van der Waals surface area contributed by atoms with Crippen molar-refractivity contribution in [3.8, 4) is 17.2 Å². The number of hydrogen-bond acceptors (Lipinski definition) is 4. The van der Waals surface area contributed by atoms with Gasteiger partial charge in [0.05, 0.1) is 13.2 Å². The quantitative estimate of drug-likeness (QED) is 0.742. The molecule has 5 heteroatoms. The van der Waals surface area contributed by atoms with Crippen LogP contribution in [0.5, 0.6) is 17.2 Å². The van der Waals surface area contributed by atoms with E-state index in [9.17, 15) is 4.79 Å². The zero-order valence-electron chi connectivity index (χ0n) is 15.8. The largest absolute Gasteiger partial charge is 0.497 e. The molecule has 0 heterocycles. The van der Waals surface area contributed by atoms with Crippen molar-refractivity contribution >= 4 is 5.91 Å². The van der Waals surface area contributed by atoms with E-state index in [2.05, 4.69) is 19.2 Å². The lowest BCUT2D eigenvalue weighted by Crippen LogP contribution is -2.39. The number of rotatable bonds is 9. The number of methoxy groups -OCH3 is 1. The highest BCUT2D eigenvalue weighted by atomic mass is 16.5. The van der Waals surface area contributed by atoms with Crippen LogP contribution >= 0.6 is 0 Å². The monoisotopic (exact) mass is 357 g/mol. The summed E-state index contributed by atoms with van der Waals surface area (Å²) < 4.78 is 16.5. The molecular formula is C21H27NO4. The van der Waals surface area contributed by atoms with Crippen molar-refractivity contribution in [1.29, 1.82) is 0 Å². The Bertz CT molecular complexity index is 697. The highest BCUT2D eigenvalue weighted by Crippen LogP contribution is 2.25. The van der Waals surface area contributed by atoms with E-state index in [1.54, 1.807) is 7.11 Å². The van der Waals surface area contributed by atoms with E-state index in [1.165, 1.54) is 0 Å². The van der Waals surface area contributed by atoms with Gasteiger partial charge in [-0.1, -0.05) is 32.0 Å². The number of nitrogens with one attached hydrogen (secondary N) is 1. The molecule has 0 aliphatic rings. The molecule has 1 atom stereocenters. The first-order chi connectivity index (χ1) is 12.5. The summed E-state index contributed by atoms with van der Waals surface area (Å²) in [5.41, 5.74) is 1.09. The van der Waals surface area contributed by atoms with Crippen molar-refractivity contribution < 1.29 is 19.0 Å². The van der Waals surface area contributed by atoms with Crippen LogP contribution in [0.25, 0.3) is 0 Å². The van der Waals surface area contributed by atoms with E-state index in [4.69, 9.17) is 14.2 Å². The molecule has 0 fully saturated rings. The Kier molecular flexibility index (Phi) is 7.33.